The number of carboxylic acids is 1. The van der Waals surface area contributed by atoms with E-state index in [1.165, 1.54) is 0 Å². The van der Waals surface area contributed by atoms with Gasteiger partial charge in [0.05, 0.1) is 4.92 Å². The fraction of sp³-hybridized carbons (Fsp3) is 0.500. The van der Waals surface area contributed by atoms with Crippen LogP contribution in [-0.4, -0.2) is 39.2 Å². The van der Waals surface area contributed by atoms with Crippen LogP contribution in [0.2, 0.25) is 0 Å². The quantitative estimate of drug-likeness (QED) is 0.511. The molecule has 0 fully saturated rings. The molecule has 0 aliphatic rings. The number of carboxylic acid groups (broad SMARTS) is 1. The van der Waals surface area contributed by atoms with Gasteiger partial charge < -0.3 is 15.5 Å². The lowest BCUT2D eigenvalue weighted by Gasteiger charge is -2.24. The molecule has 0 aromatic carbocycles. The van der Waals surface area contributed by atoms with E-state index in [1.54, 1.807) is 0 Å². The van der Waals surface area contributed by atoms with Gasteiger partial charge in [0.15, 0.2) is 0 Å². The zero-order valence-corrected chi connectivity index (χ0v) is 11.3. The highest BCUT2D eigenvalue weighted by atomic mass is 16.6. The highest BCUT2D eigenvalue weighted by molar-refractivity contribution is 5.93. The number of nitrogens with one attached hydrogen (secondary N) is 1. The molecule has 0 aliphatic heterocycles. The molecule has 0 bridgehead atoms. The normalized spacial score (nSPS) is 11.2. The molecule has 1 rings (SSSR count). The second kappa shape index (κ2) is 6.29. The second-order valence-electron chi connectivity index (χ2n) is 5.14. The van der Waals surface area contributed by atoms with Crippen molar-refractivity contribution < 1.29 is 19.9 Å². The largest absolute Gasteiger partial charge is 0.478 e. The minimum atomic E-state index is -1.29. The summed E-state index contributed by atoms with van der Waals surface area (Å²) >= 11 is 0. The molecule has 1 heterocycles. The molecule has 1 aromatic rings. The third kappa shape index (κ3) is 4.16. The average Bonchev–Trinajstić information content (AvgIpc) is 2.36. The Bertz CT molecular complexity index is 516. The molecule has 3 N–H and O–H groups in total. The first-order valence-corrected chi connectivity index (χ1v) is 5.99. The molecule has 0 amide bonds. The molecule has 0 spiro atoms. The van der Waals surface area contributed by atoms with Gasteiger partial charge in [-0.15, -0.1) is 0 Å². The summed E-state index contributed by atoms with van der Waals surface area (Å²) in [6, 6.07) is 0.969. The summed E-state index contributed by atoms with van der Waals surface area (Å²) in [5, 5.41) is 31.5. The molecule has 0 aliphatic carbocycles. The number of nitrogens with zero attached hydrogens (tertiary/aromatic N) is 2. The minimum Gasteiger partial charge on any atom is -0.478 e. The van der Waals surface area contributed by atoms with E-state index in [-0.39, 0.29) is 29.1 Å². The SMILES string of the molecule is CC(C)(CCO)CNc1ncc([N+](=O)[O-])cc1C(=O)O. The summed E-state index contributed by atoms with van der Waals surface area (Å²) in [6.45, 7) is 4.22. The lowest BCUT2D eigenvalue weighted by atomic mass is 9.90. The van der Waals surface area contributed by atoms with Gasteiger partial charge in [-0.05, 0) is 11.8 Å². The van der Waals surface area contributed by atoms with Crippen molar-refractivity contribution in [1.82, 2.24) is 4.98 Å². The third-order valence-electron chi connectivity index (χ3n) is 2.84. The first-order chi connectivity index (χ1) is 9.26. The number of aromatic carboxylic acids is 1. The Hall–Kier alpha value is -2.22. The highest BCUT2D eigenvalue weighted by Gasteiger charge is 2.21. The van der Waals surface area contributed by atoms with Crippen molar-refractivity contribution in [3.05, 3.63) is 27.9 Å². The fourth-order valence-electron chi connectivity index (χ4n) is 1.57. The van der Waals surface area contributed by atoms with Gasteiger partial charge in [0.25, 0.3) is 5.69 Å². The van der Waals surface area contributed by atoms with Gasteiger partial charge in [0, 0.05) is 19.2 Å². The summed E-state index contributed by atoms with van der Waals surface area (Å²) in [4.78, 5) is 24.8. The maximum absolute atomic E-state index is 11.1. The number of anilines is 1. The van der Waals surface area contributed by atoms with Crippen molar-refractivity contribution in [3.8, 4) is 0 Å². The number of nitro groups is 1. The van der Waals surface area contributed by atoms with Crippen LogP contribution in [0, 0.1) is 15.5 Å². The second-order valence-corrected chi connectivity index (χ2v) is 5.14. The number of hydrogen-bond acceptors (Lipinski definition) is 6. The van der Waals surface area contributed by atoms with Crippen molar-refractivity contribution in [2.75, 3.05) is 18.5 Å². The number of rotatable bonds is 7. The first kappa shape index (κ1) is 15.8. The summed E-state index contributed by atoms with van der Waals surface area (Å²) < 4.78 is 0. The standard InChI is InChI=1S/C12H17N3O5/c1-12(2,3-4-16)7-14-10-9(11(17)18)5-8(6-13-10)15(19)20/h5-6,16H,3-4,7H2,1-2H3,(H,13,14)(H,17,18). The Kier molecular flexibility index (Phi) is 4.98. The predicted molar refractivity (Wildman–Crippen MR) is 71.8 cm³/mol. The fourth-order valence-corrected chi connectivity index (χ4v) is 1.57. The molecule has 110 valence electrons. The molecule has 0 radical (unpaired) electrons. The molecule has 20 heavy (non-hydrogen) atoms. The van der Waals surface area contributed by atoms with E-state index >= 15 is 0 Å². The van der Waals surface area contributed by atoms with Crippen LogP contribution < -0.4 is 5.32 Å². The summed E-state index contributed by atoms with van der Waals surface area (Å²) in [7, 11) is 0. The van der Waals surface area contributed by atoms with Gasteiger partial charge in [0.2, 0.25) is 0 Å². The topological polar surface area (TPSA) is 126 Å². The molecular formula is C12H17N3O5. The Morgan fingerprint density at radius 1 is 1.55 bits per heavy atom. The van der Waals surface area contributed by atoms with Crippen LogP contribution in [0.1, 0.15) is 30.6 Å². The Morgan fingerprint density at radius 2 is 2.20 bits per heavy atom. The Morgan fingerprint density at radius 3 is 2.70 bits per heavy atom. The number of hydrogen-bond donors (Lipinski definition) is 3. The number of aliphatic hydroxyl groups excluding tert-OH is 1. The van der Waals surface area contributed by atoms with E-state index in [2.05, 4.69) is 10.3 Å². The van der Waals surface area contributed by atoms with E-state index in [0.29, 0.717) is 13.0 Å². The molecule has 0 atom stereocenters. The zero-order valence-electron chi connectivity index (χ0n) is 11.3. The monoisotopic (exact) mass is 283 g/mol. The first-order valence-electron chi connectivity index (χ1n) is 5.99. The van der Waals surface area contributed by atoms with Crippen LogP contribution in [0.5, 0.6) is 0 Å². The molecule has 8 heteroatoms. The van der Waals surface area contributed by atoms with Crippen LogP contribution in [0.25, 0.3) is 0 Å². The lowest BCUT2D eigenvalue weighted by molar-refractivity contribution is -0.385. The molecule has 8 nitrogen and oxygen atoms in total. The molecule has 0 unspecified atom stereocenters. The van der Waals surface area contributed by atoms with Gasteiger partial charge in [-0.2, -0.15) is 0 Å². The smallest absolute Gasteiger partial charge is 0.339 e. The van der Waals surface area contributed by atoms with Crippen LogP contribution in [0.15, 0.2) is 12.3 Å². The number of aliphatic hydroxyl groups is 1. The van der Waals surface area contributed by atoms with Crippen molar-refractivity contribution >= 4 is 17.5 Å². The zero-order chi connectivity index (χ0) is 15.3. The van der Waals surface area contributed by atoms with Gasteiger partial charge >= 0.3 is 5.97 Å². The van der Waals surface area contributed by atoms with Gasteiger partial charge in [-0.1, -0.05) is 13.8 Å². The number of carbonyl (C=O) groups is 1. The molecular weight excluding hydrogens is 266 g/mol. The van der Waals surface area contributed by atoms with Crippen molar-refractivity contribution in [2.24, 2.45) is 5.41 Å². The van der Waals surface area contributed by atoms with E-state index < -0.39 is 10.9 Å². The van der Waals surface area contributed by atoms with Crippen molar-refractivity contribution in [3.63, 3.8) is 0 Å². The van der Waals surface area contributed by atoms with E-state index in [4.69, 9.17) is 10.2 Å². The van der Waals surface area contributed by atoms with E-state index in [0.717, 1.165) is 12.3 Å². The van der Waals surface area contributed by atoms with Crippen LogP contribution in [-0.2, 0) is 0 Å². The summed E-state index contributed by atoms with van der Waals surface area (Å²) in [5.41, 5.74) is -0.880. The maximum atomic E-state index is 11.1. The molecule has 0 saturated carbocycles. The maximum Gasteiger partial charge on any atom is 0.339 e. The lowest BCUT2D eigenvalue weighted by Crippen LogP contribution is -2.25. The minimum absolute atomic E-state index is 0.0220. The number of aromatic nitrogens is 1. The molecule has 1 aromatic heterocycles. The summed E-state index contributed by atoms with van der Waals surface area (Å²) in [5.74, 6) is -1.21. The van der Waals surface area contributed by atoms with Crippen molar-refractivity contribution in [1.29, 1.82) is 0 Å². The average molecular weight is 283 g/mol. The van der Waals surface area contributed by atoms with Gasteiger partial charge in [-0.3, -0.25) is 10.1 Å². The van der Waals surface area contributed by atoms with Crippen LogP contribution in [0.4, 0.5) is 11.5 Å². The van der Waals surface area contributed by atoms with Gasteiger partial charge in [-0.25, -0.2) is 9.78 Å². The predicted octanol–water partition coefficient (Wildman–Crippen LogP) is 1.51. The van der Waals surface area contributed by atoms with Crippen molar-refractivity contribution in [2.45, 2.75) is 20.3 Å². The molecule has 0 saturated heterocycles. The van der Waals surface area contributed by atoms with Crippen LogP contribution >= 0.6 is 0 Å². The van der Waals surface area contributed by atoms with E-state index in [9.17, 15) is 14.9 Å². The number of pyridine rings is 1. The Balaban J connectivity index is 2.95. The third-order valence-corrected chi connectivity index (χ3v) is 2.84. The van der Waals surface area contributed by atoms with Crippen LogP contribution in [0.3, 0.4) is 0 Å². The van der Waals surface area contributed by atoms with E-state index in [1.807, 2.05) is 13.8 Å². The van der Waals surface area contributed by atoms with Gasteiger partial charge in [0.1, 0.15) is 17.6 Å². The summed E-state index contributed by atoms with van der Waals surface area (Å²) in [6.07, 6.45) is 1.54. The highest BCUT2D eigenvalue weighted by Crippen LogP contribution is 2.23. The Labute approximate surface area is 115 Å².